The van der Waals surface area contributed by atoms with Gasteiger partial charge in [0.2, 0.25) is 5.91 Å². The highest BCUT2D eigenvalue weighted by atomic mass is 32.1. The molecule has 1 aliphatic carbocycles. The first kappa shape index (κ1) is 26.4. The summed E-state index contributed by atoms with van der Waals surface area (Å²) in [4.78, 5) is 33.2. The van der Waals surface area contributed by atoms with E-state index in [9.17, 15) is 22.8 Å². The smallest absolute Gasteiger partial charge is 0.406 e. The van der Waals surface area contributed by atoms with E-state index >= 15 is 0 Å². The van der Waals surface area contributed by atoms with Gasteiger partial charge in [0.15, 0.2) is 5.65 Å². The van der Waals surface area contributed by atoms with Gasteiger partial charge < -0.3 is 9.64 Å². The Morgan fingerprint density at radius 1 is 1.11 bits per heavy atom. The molecule has 12 heteroatoms. The molecule has 0 saturated heterocycles. The normalized spacial score (nSPS) is 18.0. The van der Waals surface area contributed by atoms with Crippen molar-refractivity contribution in [3.05, 3.63) is 47.6 Å². The Balaban J connectivity index is 1.52. The lowest BCUT2D eigenvalue weighted by Gasteiger charge is -2.31. The summed E-state index contributed by atoms with van der Waals surface area (Å²) in [5.41, 5.74) is 1.32. The number of amides is 1. The van der Waals surface area contributed by atoms with Crippen LogP contribution in [0, 0.1) is 11.8 Å². The van der Waals surface area contributed by atoms with E-state index in [0.717, 1.165) is 38.8 Å². The van der Waals surface area contributed by atoms with E-state index in [1.165, 1.54) is 24.5 Å². The van der Waals surface area contributed by atoms with E-state index in [1.807, 2.05) is 18.2 Å². The topological polar surface area (TPSA) is 76.8 Å². The number of methoxy groups -OCH3 is 1. The van der Waals surface area contributed by atoms with Crippen LogP contribution in [0.4, 0.5) is 18.9 Å². The zero-order valence-electron chi connectivity index (χ0n) is 20.7. The summed E-state index contributed by atoms with van der Waals surface area (Å²) in [6, 6.07) is 8.79. The van der Waals surface area contributed by atoms with Gasteiger partial charge in [0.05, 0.1) is 17.7 Å². The minimum atomic E-state index is -4.64. The fourth-order valence-electron chi connectivity index (χ4n) is 4.69. The second-order valence-corrected chi connectivity index (χ2v) is 11.6. The Morgan fingerprint density at radius 3 is 2.53 bits per heavy atom. The van der Waals surface area contributed by atoms with E-state index < -0.39 is 30.5 Å². The first-order chi connectivity index (χ1) is 18.1. The number of ether oxygens (including phenoxy) is 1. The van der Waals surface area contributed by atoms with Crippen molar-refractivity contribution in [1.29, 1.82) is 0 Å². The van der Waals surface area contributed by atoms with Crippen LogP contribution >= 0.6 is 22.7 Å². The van der Waals surface area contributed by atoms with Crippen LogP contribution in [0.15, 0.2) is 42.7 Å². The average Bonchev–Trinajstić information content (AvgIpc) is 3.64. The summed E-state index contributed by atoms with van der Waals surface area (Å²) in [5, 5.41) is 4.52. The molecular formula is C26H25F3N4O3S2. The number of alkyl halides is 3. The van der Waals surface area contributed by atoms with Gasteiger partial charge in [0.1, 0.15) is 17.1 Å². The monoisotopic (exact) mass is 562 g/mol. The first-order valence-electron chi connectivity index (χ1n) is 12.1. The second-order valence-electron chi connectivity index (χ2n) is 9.43. The number of esters is 1. The number of fused-ring (bicyclic) bond motifs is 1. The van der Waals surface area contributed by atoms with E-state index in [4.69, 9.17) is 4.74 Å². The van der Waals surface area contributed by atoms with E-state index in [1.54, 1.807) is 23.0 Å². The van der Waals surface area contributed by atoms with Gasteiger partial charge in [-0.1, -0.05) is 6.92 Å². The summed E-state index contributed by atoms with van der Waals surface area (Å²) in [7, 11) is 1.17. The third-order valence-electron chi connectivity index (χ3n) is 6.68. The third kappa shape index (κ3) is 5.46. The van der Waals surface area contributed by atoms with Crippen LogP contribution in [0.25, 0.3) is 26.0 Å². The Morgan fingerprint density at radius 2 is 1.84 bits per heavy atom. The predicted molar refractivity (Wildman–Crippen MR) is 140 cm³/mol. The maximum Gasteiger partial charge on any atom is 0.406 e. The predicted octanol–water partition coefficient (Wildman–Crippen LogP) is 6.69. The first-order valence-corrected chi connectivity index (χ1v) is 13.8. The Hall–Kier alpha value is -3.25. The molecule has 38 heavy (non-hydrogen) atoms. The zero-order chi connectivity index (χ0) is 27.0. The molecule has 4 heterocycles. The lowest BCUT2D eigenvalue weighted by atomic mass is 9.82. The number of aromatic nitrogens is 3. The molecule has 0 atom stereocenters. The standard InChI is InChI=1S/C26H25F3N4O3S2/c1-15-4-6-16(7-5-15)24(34)32(14-26(27,28)29)18-13-21(38-23(18)25(35)36-2)20-9-8-19(37-20)17-12-22-30-10-3-11-33(22)31-17/h3,8-13,15-16H,4-7,14H2,1-2H3. The maximum absolute atomic E-state index is 13.7. The number of halogens is 3. The number of carbonyl (C=O) groups is 2. The zero-order valence-corrected chi connectivity index (χ0v) is 22.3. The summed E-state index contributed by atoms with van der Waals surface area (Å²) < 4.78 is 47.6. The van der Waals surface area contributed by atoms with Crippen LogP contribution in [0.2, 0.25) is 0 Å². The van der Waals surface area contributed by atoms with Gasteiger partial charge in [-0.15, -0.1) is 22.7 Å². The van der Waals surface area contributed by atoms with Crippen LogP contribution in [-0.4, -0.2) is 46.3 Å². The fourth-order valence-corrected chi connectivity index (χ4v) is 6.81. The molecule has 0 radical (unpaired) electrons. The van der Waals surface area contributed by atoms with Gasteiger partial charge in [-0.2, -0.15) is 18.3 Å². The minimum absolute atomic E-state index is 0.0313. The van der Waals surface area contributed by atoms with Crippen molar-refractivity contribution >= 4 is 45.9 Å². The van der Waals surface area contributed by atoms with E-state index in [-0.39, 0.29) is 10.6 Å². The van der Waals surface area contributed by atoms with Gasteiger partial charge in [-0.3, -0.25) is 4.79 Å². The second kappa shape index (κ2) is 10.5. The summed E-state index contributed by atoms with van der Waals surface area (Å²) in [6.45, 7) is 0.606. The molecule has 0 aromatic carbocycles. The lowest BCUT2D eigenvalue weighted by molar-refractivity contribution is -0.135. The number of carbonyl (C=O) groups excluding carboxylic acids is 2. The third-order valence-corrected chi connectivity index (χ3v) is 9.09. The number of anilines is 1. The molecule has 4 aromatic rings. The van der Waals surface area contributed by atoms with Gasteiger partial charge in [0, 0.05) is 34.1 Å². The van der Waals surface area contributed by atoms with Crippen molar-refractivity contribution in [1.82, 2.24) is 14.6 Å². The lowest BCUT2D eigenvalue weighted by Crippen LogP contribution is -2.43. The highest BCUT2D eigenvalue weighted by molar-refractivity contribution is 7.24. The molecular weight excluding hydrogens is 537 g/mol. The Labute approximate surface area is 224 Å². The minimum Gasteiger partial charge on any atom is -0.465 e. The number of thiophene rings is 2. The van der Waals surface area contributed by atoms with Crippen LogP contribution in [0.1, 0.15) is 42.3 Å². The van der Waals surface area contributed by atoms with Gasteiger partial charge >= 0.3 is 12.1 Å². The number of hydrogen-bond acceptors (Lipinski definition) is 7. The fraction of sp³-hybridized carbons (Fsp3) is 0.385. The summed E-state index contributed by atoms with van der Waals surface area (Å²) in [5.74, 6) is -1.46. The van der Waals surface area contributed by atoms with Gasteiger partial charge in [-0.05, 0) is 55.9 Å². The molecule has 0 N–H and O–H groups in total. The van der Waals surface area contributed by atoms with Crippen molar-refractivity contribution in [2.75, 3.05) is 18.6 Å². The van der Waals surface area contributed by atoms with Crippen molar-refractivity contribution < 1.29 is 27.5 Å². The molecule has 0 aliphatic heterocycles. The quantitative estimate of drug-likeness (QED) is 0.245. The molecule has 1 fully saturated rings. The molecule has 1 amide bonds. The van der Waals surface area contributed by atoms with Crippen molar-refractivity contribution in [3.63, 3.8) is 0 Å². The molecule has 5 rings (SSSR count). The largest absolute Gasteiger partial charge is 0.465 e. The van der Waals surface area contributed by atoms with Gasteiger partial charge in [0.25, 0.3) is 0 Å². The average molecular weight is 563 g/mol. The van der Waals surface area contributed by atoms with Crippen LogP contribution in [-0.2, 0) is 9.53 Å². The molecule has 4 aromatic heterocycles. The molecule has 200 valence electrons. The highest BCUT2D eigenvalue weighted by Crippen LogP contribution is 2.43. The van der Waals surface area contributed by atoms with Crippen molar-refractivity contribution in [2.24, 2.45) is 11.8 Å². The molecule has 0 bridgehead atoms. The SMILES string of the molecule is COC(=O)c1sc(-c2ccc(-c3cc4ncccn4n3)s2)cc1N(CC(F)(F)F)C(=O)C1CCC(C)CC1. The van der Waals surface area contributed by atoms with Crippen LogP contribution in [0.3, 0.4) is 0 Å². The van der Waals surface area contributed by atoms with E-state index in [0.29, 0.717) is 35.0 Å². The molecule has 0 spiro atoms. The Bertz CT molecular complexity index is 1430. The van der Waals surface area contributed by atoms with Crippen molar-refractivity contribution in [3.8, 4) is 20.3 Å². The number of rotatable bonds is 6. The van der Waals surface area contributed by atoms with Gasteiger partial charge in [-0.25, -0.2) is 14.3 Å². The number of nitrogens with zero attached hydrogens (tertiary/aromatic N) is 4. The number of hydrogen-bond donors (Lipinski definition) is 0. The van der Waals surface area contributed by atoms with Crippen LogP contribution < -0.4 is 4.90 Å². The Kier molecular flexibility index (Phi) is 7.28. The van der Waals surface area contributed by atoms with E-state index in [2.05, 4.69) is 17.0 Å². The molecule has 1 aliphatic rings. The van der Waals surface area contributed by atoms with Crippen LogP contribution in [0.5, 0.6) is 0 Å². The highest BCUT2D eigenvalue weighted by Gasteiger charge is 2.39. The van der Waals surface area contributed by atoms with Crippen molar-refractivity contribution in [2.45, 2.75) is 38.8 Å². The molecule has 1 saturated carbocycles. The summed E-state index contributed by atoms with van der Waals surface area (Å²) >= 11 is 2.40. The molecule has 7 nitrogen and oxygen atoms in total. The molecule has 0 unspecified atom stereocenters. The maximum atomic E-state index is 13.7. The summed E-state index contributed by atoms with van der Waals surface area (Å²) in [6.07, 6.45) is 1.44.